The molecule has 0 spiro atoms. The highest BCUT2D eigenvalue weighted by atomic mass is 35.5. The lowest BCUT2D eigenvalue weighted by Gasteiger charge is -2.02. The standard InChI is InChI=1S/C12H13ClO/c13-8-2-1-4-10-5-3-6-11-7-9-14-12(10)11/h1,3-6H,2,7-9H2/b4-1+. The van der Waals surface area contributed by atoms with Crippen LogP contribution in [0, 0.1) is 0 Å². The first kappa shape index (κ1) is 9.60. The summed E-state index contributed by atoms with van der Waals surface area (Å²) in [5, 5.41) is 0. The molecule has 2 rings (SSSR count). The number of para-hydroxylation sites is 1. The van der Waals surface area contributed by atoms with Crippen molar-refractivity contribution in [3.63, 3.8) is 0 Å². The van der Waals surface area contributed by atoms with Crippen LogP contribution in [0.3, 0.4) is 0 Å². The molecular weight excluding hydrogens is 196 g/mol. The normalized spacial score (nSPS) is 14.4. The highest BCUT2D eigenvalue weighted by Crippen LogP contribution is 2.30. The molecule has 1 aliphatic heterocycles. The zero-order chi connectivity index (χ0) is 9.80. The SMILES string of the molecule is ClCC/C=C/c1cccc2c1OCC2. The van der Waals surface area contributed by atoms with Crippen molar-refractivity contribution < 1.29 is 4.74 Å². The van der Waals surface area contributed by atoms with E-state index >= 15 is 0 Å². The van der Waals surface area contributed by atoms with Gasteiger partial charge in [-0.25, -0.2) is 0 Å². The summed E-state index contributed by atoms with van der Waals surface area (Å²) in [5.41, 5.74) is 2.49. The van der Waals surface area contributed by atoms with Crippen LogP contribution in [0.25, 0.3) is 6.08 Å². The maximum absolute atomic E-state index is 5.60. The fourth-order valence-corrected chi connectivity index (χ4v) is 1.77. The minimum atomic E-state index is 0.673. The quantitative estimate of drug-likeness (QED) is 0.693. The van der Waals surface area contributed by atoms with Gasteiger partial charge in [0.15, 0.2) is 0 Å². The van der Waals surface area contributed by atoms with E-state index in [1.165, 1.54) is 11.1 Å². The van der Waals surface area contributed by atoms with Crippen LogP contribution in [0.1, 0.15) is 17.5 Å². The molecule has 0 fully saturated rings. The summed E-state index contributed by atoms with van der Waals surface area (Å²) in [7, 11) is 0. The number of ether oxygens (including phenoxy) is 1. The lowest BCUT2D eigenvalue weighted by Crippen LogP contribution is -1.87. The zero-order valence-corrected chi connectivity index (χ0v) is 8.76. The third kappa shape index (κ3) is 1.93. The van der Waals surface area contributed by atoms with Crippen molar-refractivity contribution in [2.75, 3.05) is 12.5 Å². The van der Waals surface area contributed by atoms with E-state index < -0.39 is 0 Å². The first-order valence-corrected chi connectivity index (χ1v) is 5.42. The molecule has 0 bridgehead atoms. The molecule has 1 heterocycles. The molecule has 1 aromatic rings. The fourth-order valence-electron chi connectivity index (χ4n) is 1.65. The molecule has 0 saturated carbocycles. The van der Waals surface area contributed by atoms with Gasteiger partial charge in [-0.05, 0) is 12.0 Å². The van der Waals surface area contributed by atoms with Crippen LogP contribution < -0.4 is 4.74 Å². The van der Waals surface area contributed by atoms with Gasteiger partial charge in [0.05, 0.1) is 6.61 Å². The monoisotopic (exact) mass is 208 g/mol. The number of halogens is 1. The van der Waals surface area contributed by atoms with Crippen molar-refractivity contribution >= 4 is 17.7 Å². The molecule has 0 radical (unpaired) electrons. The van der Waals surface area contributed by atoms with Gasteiger partial charge in [0.25, 0.3) is 0 Å². The lowest BCUT2D eigenvalue weighted by molar-refractivity contribution is 0.356. The summed E-state index contributed by atoms with van der Waals surface area (Å²) >= 11 is 5.60. The van der Waals surface area contributed by atoms with Crippen LogP contribution in [0.15, 0.2) is 24.3 Å². The summed E-state index contributed by atoms with van der Waals surface area (Å²) in [6.07, 6.45) is 6.12. The van der Waals surface area contributed by atoms with Crippen molar-refractivity contribution in [3.05, 3.63) is 35.4 Å². The molecular formula is C12H13ClO. The van der Waals surface area contributed by atoms with Gasteiger partial charge in [0, 0.05) is 17.9 Å². The third-order valence-corrected chi connectivity index (χ3v) is 2.54. The summed E-state index contributed by atoms with van der Waals surface area (Å²) in [6, 6.07) is 6.28. The Balaban J connectivity index is 2.22. The van der Waals surface area contributed by atoms with Gasteiger partial charge < -0.3 is 4.74 Å². The number of alkyl halides is 1. The Bertz CT molecular complexity index is 344. The first-order chi connectivity index (χ1) is 6.92. The van der Waals surface area contributed by atoms with Gasteiger partial charge in [-0.15, -0.1) is 11.6 Å². The van der Waals surface area contributed by atoms with Crippen molar-refractivity contribution in [1.29, 1.82) is 0 Å². The second-order valence-corrected chi connectivity index (χ2v) is 3.69. The largest absolute Gasteiger partial charge is 0.492 e. The summed E-state index contributed by atoms with van der Waals surface area (Å²) in [5.74, 6) is 1.73. The van der Waals surface area contributed by atoms with Crippen LogP contribution in [-0.2, 0) is 6.42 Å². The smallest absolute Gasteiger partial charge is 0.129 e. The van der Waals surface area contributed by atoms with Gasteiger partial charge in [-0.3, -0.25) is 0 Å². The van der Waals surface area contributed by atoms with Gasteiger partial charge in [0.1, 0.15) is 5.75 Å². The van der Waals surface area contributed by atoms with Gasteiger partial charge in [-0.1, -0.05) is 30.4 Å². The van der Waals surface area contributed by atoms with Crippen LogP contribution in [-0.4, -0.2) is 12.5 Å². The van der Waals surface area contributed by atoms with E-state index in [-0.39, 0.29) is 0 Å². The second kappa shape index (κ2) is 4.52. The number of fused-ring (bicyclic) bond motifs is 1. The van der Waals surface area contributed by atoms with E-state index in [1.54, 1.807) is 0 Å². The lowest BCUT2D eigenvalue weighted by atomic mass is 10.1. The average molecular weight is 209 g/mol. The molecule has 0 unspecified atom stereocenters. The Kier molecular flexibility index (Phi) is 3.10. The topological polar surface area (TPSA) is 9.23 Å². The molecule has 0 aromatic heterocycles. The van der Waals surface area contributed by atoms with Gasteiger partial charge in [-0.2, -0.15) is 0 Å². The van der Waals surface area contributed by atoms with Crippen molar-refractivity contribution in [1.82, 2.24) is 0 Å². The number of rotatable bonds is 3. The molecule has 1 aliphatic rings. The van der Waals surface area contributed by atoms with Gasteiger partial charge >= 0.3 is 0 Å². The highest BCUT2D eigenvalue weighted by molar-refractivity contribution is 6.17. The Labute approximate surface area is 89.3 Å². The van der Waals surface area contributed by atoms with E-state index in [1.807, 2.05) is 0 Å². The number of hydrogen-bond donors (Lipinski definition) is 0. The Morgan fingerprint density at radius 3 is 3.21 bits per heavy atom. The predicted molar refractivity (Wildman–Crippen MR) is 60.0 cm³/mol. The zero-order valence-electron chi connectivity index (χ0n) is 8.00. The van der Waals surface area contributed by atoms with Crippen molar-refractivity contribution in [2.24, 2.45) is 0 Å². The average Bonchev–Trinajstić information content (AvgIpc) is 2.67. The van der Waals surface area contributed by atoms with E-state index in [2.05, 4.69) is 30.4 Å². The van der Waals surface area contributed by atoms with Gasteiger partial charge in [0.2, 0.25) is 0 Å². The maximum Gasteiger partial charge on any atom is 0.129 e. The summed E-state index contributed by atoms with van der Waals surface area (Å²) in [4.78, 5) is 0. The van der Waals surface area contributed by atoms with E-state index in [4.69, 9.17) is 16.3 Å². The molecule has 2 heteroatoms. The van der Waals surface area contributed by atoms with Crippen molar-refractivity contribution in [3.8, 4) is 5.75 Å². The van der Waals surface area contributed by atoms with Crippen LogP contribution in [0.5, 0.6) is 5.75 Å². The third-order valence-electron chi connectivity index (χ3n) is 2.32. The van der Waals surface area contributed by atoms with Crippen LogP contribution in [0.4, 0.5) is 0 Å². The molecule has 74 valence electrons. The Morgan fingerprint density at radius 2 is 2.36 bits per heavy atom. The highest BCUT2D eigenvalue weighted by Gasteiger charge is 2.13. The first-order valence-electron chi connectivity index (χ1n) is 4.89. The molecule has 0 amide bonds. The summed E-state index contributed by atoms with van der Waals surface area (Å²) in [6.45, 7) is 0.815. The number of benzene rings is 1. The van der Waals surface area contributed by atoms with Crippen LogP contribution in [0.2, 0.25) is 0 Å². The Morgan fingerprint density at radius 1 is 1.43 bits per heavy atom. The maximum atomic E-state index is 5.60. The molecule has 1 aromatic carbocycles. The van der Waals surface area contributed by atoms with E-state index in [0.29, 0.717) is 5.88 Å². The predicted octanol–water partition coefficient (Wildman–Crippen LogP) is 3.26. The van der Waals surface area contributed by atoms with Crippen molar-refractivity contribution in [2.45, 2.75) is 12.8 Å². The van der Waals surface area contributed by atoms with Crippen LogP contribution >= 0.6 is 11.6 Å². The molecule has 14 heavy (non-hydrogen) atoms. The van der Waals surface area contributed by atoms with E-state index in [9.17, 15) is 0 Å². The summed E-state index contributed by atoms with van der Waals surface area (Å²) < 4.78 is 5.58. The second-order valence-electron chi connectivity index (χ2n) is 3.31. The van der Waals surface area contributed by atoms with E-state index in [0.717, 1.165) is 25.2 Å². The molecule has 0 aliphatic carbocycles. The minimum absolute atomic E-state index is 0.673. The molecule has 0 saturated heterocycles. The number of allylic oxidation sites excluding steroid dienone is 1. The molecule has 1 nitrogen and oxygen atoms in total. The fraction of sp³-hybridized carbons (Fsp3) is 0.333. The molecule has 0 N–H and O–H groups in total. The number of hydrogen-bond acceptors (Lipinski definition) is 1. The molecule has 0 atom stereocenters. The Hall–Kier alpha value is -0.950. The minimum Gasteiger partial charge on any atom is -0.492 e.